The first-order valence-electron chi connectivity index (χ1n) is 12.1. The molecule has 0 radical (unpaired) electrons. The first-order valence-corrected chi connectivity index (χ1v) is 12.1. The Morgan fingerprint density at radius 3 is 2.26 bits per heavy atom. The minimum atomic E-state index is -0.897. The average Bonchev–Trinajstić information content (AvgIpc) is 3.57. The number of nitrogens with zero attached hydrogens (tertiary/aromatic N) is 1. The lowest BCUT2D eigenvalue weighted by molar-refractivity contribution is -0.123. The zero-order valence-electron chi connectivity index (χ0n) is 20.1. The minimum absolute atomic E-state index is 0.0997. The normalized spacial score (nSPS) is 14.3. The summed E-state index contributed by atoms with van der Waals surface area (Å²) in [5, 5.41) is 5.91. The van der Waals surface area contributed by atoms with Crippen molar-refractivity contribution in [1.29, 1.82) is 0 Å². The van der Waals surface area contributed by atoms with Gasteiger partial charge in [0.15, 0.2) is 5.76 Å². The van der Waals surface area contributed by atoms with Gasteiger partial charge in [-0.1, -0.05) is 44.0 Å². The molecule has 35 heavy (non-hydrogen) atoms. The molecule has 1 aliphatic rings. The molecule has 7 heteroatoms. The summed E-state index contributed by atoms with van der Waals surface area (Å²) < 4.78 is 5.43. The number of benzene rings is 2. The smallest absolute Gasteiger partial charge is 0.294 e. The number of aryl methyl sites for hydroxylation is 1. The van der Waals surface area contributed by atoms with Crippen molar-refractivity contribution in [1.82, 2.24) is 5.32 Å². The van der Waals surface area contributed by atoms with Crippen LogP contribution in [0.1, 0.15) is 67.3 Å². The summed E-state index contributed by atoms with van der Waals surface area (Å²) >= 11 is 0. The fourth-order valence-electron chi connectivity index (χ4n) is 4.51. The SMILES string of the molecule is CCc1ccc([C@@H](C(=O)NC2CCCC2)N(C(=O)c2ccco2)c2ccc(NC(C)=O)cc2)cc1. The molecule has 7 nitrogen and oxygen atoms in total. The third-order valence-corrected chi connectivity index (χ3v) is 6.33. The van der Waals surface area contributed by atoms with Crippen LogP contribution >= 0.6 is 0 Å². The van der Waals surface area contributed by atoms with E-state index in [1.54, 1.807) is 36.4 Å². The van der Waals surface area contributed by atoms with E-state index in [1.165, 1.54) is 18.1 Å². The predicted molar refractivity (Wildman–Crippen MR) is 135 cm³/mol. The van der Waals surface area contributed by atoms with Crippen molar-refractivity contribution in [3.8, 4) is 0 Å². The molecule has 0 bridgehead atoms. The van der Waals surface area contributed by atoms with Crippen molar-refractivity contribution < 1.29 is 18.8 Å². The molecule has 1 atom stereocenters. The molecule has 0 unspecified atom stereocenters. The number of hydrogen-bond acceptors (Lipinski definition) is 4. The average molecular weight is 474 g/mol. The van der Waals surface area contributed by atoms with Gasteiger partial charge in [0.1, 0.15) is 6.04 Å². The van der Waals surface area contributed by atoms with Gasteiger partial charge in [0.25, 0.3) is 5.91 Å². The molecule has 2 N–H and O–H groups in total. The van der Waals surface area contributed by atoms with Crippen molar-refractivity contribution in [2.24, 2.45) is 0 Å². The summed E-state index contributed by atoms with van der Waals surface area (Å²) in [5.41, 5.74) is 2.98. The quantitative estimate of drug-likeness (QED) is 0.468. The Bertz CT molecular complexity index is 1150. The van der Waals surface area contributed by atoms with E-state index in [9.17, 15) is 14.4 Å². The van der Waals surface area contributed by atoms with Crippen molar-refractivity contribution in [3.63, 3.8) is 0 Å². The summed E-state index contributed by atoms with van der Waals surface area (Å²) in [5.74, 6) is -0.703. The molecule has 0 spiro atoms. The number of rotatable bonds is 8. The van der Waals surface area contributed by atoms with Crippen LogP contribution in [-0.2, 0) is 16.0 Å². The molecule has 3 aromatic rings. The van der Waals surface area contributed by atoms with Gasteiger partial charge in [0, 0.05) is 24.3 Å². The number of nitrogens with one attached hydrogen (secondary N) is 2. The second-order valence-corrected chi connectivity index (χ2v) is 8.87. The monoisotopic (exact) mass is 473 g/mol. The molecule has 0 aliphatic heterocycles. The van der Waals surface area contributed by atoms with E-state index in [2.05, 4.69) is 17.6 Å². The van der Waals surface area contributed by atoms with Gasteiger partial charge < -0.3 is 15.1 Å². The largest absolute Gasteiger partial charge is 0.459 e. The highest BCUT2D eigenvalue weighted by atomic mass is 16.3. The van der Waals surface area contributed by atoms with Crippen molar-refractivity contribution in [2.75, 3.05) is 10.2 Å². The highest BCUT2D eigenvalue weighted by Gasteiger charge is 2.35. The Kier molecular flexibility index (Phi) is 7.65. The summed E-state index contributed by atoms with van der Waals surface area (Å²) in [4.78, 5) is 40.4. The second-order valence-electron chi connectivity index (χ2n) is 8.87. The Labute approximate surface area is 205 Å². The molecule has 182 valence electrons. The summed E-state index contributed by atoms with van der Waals surface area (Å²) in [6, 6.07) is 17.1. The third kappa shape index (κ3) is 5.80. The van der Waals surface area contributed by atoms with Gasteiger partial charge in [-0.2, -0.15) is 0 Å². The topological polar surface area (TPSA) is 91.7 Å². The lowest BCUT2D eigenvalue weighted by Gasteiger charge is -2.32. The Morgan fingerprint density at radius 1 is 1.00 bits per heavy atom. The van der Waals surface area contributed by atoms with Crippen molar-refractivity contribution in [3.05, 3.63) is 83.8 Å². The van der Waals surface area contributed by atoms with Gasteiger partial charge in [0.05, 0.1) is 6.26 Å². The number of carbonyl (C=O) groups excluding carboxylic acids is 3. The Balaban J connectivity index is 1.78. The van der Waals surface area contributed by atoms with Crippen LogP contribution in [0.5, 0.6) is 0 Å². The maximum atomic E-state index is 13.8. The molecular weight excluding hydrogens is 442 g/mol. The zero-order chi connectivity index (χ0) is 24.8. The number of amides is 3. The fraction of sp³-hybridized carbons (Fsp3) is 0.321. The molecule has 4 rings (SSSR count). The van der Waals surface area contributed by atoms with Gasteiger partial charge in [0.2, 0.25) is 11.8 Å². The van der Waals surface area contributed by atoms with Gasteiger partial charge in [-0.15, -0.1) is 0 Å². The lowest BCUT2D eigenvalue weighted by Crippen LogP contribution is -2.46. The highest BCUT2D eigenvalue weighted by molar-refractivity contribution is 6.08. The van der Waals surface area contributed by atoms with Crippen molar-refractivity contribution >= 4 is 29.1 Å². The highest BCUT2D eigenvalue weighted by Crippen LogP contribution is 2.32. The van der Waals surface area contributed by atoms with Crippen molar-refractivity contribution in [2.45, 2.75) is 58.0 Å². The van der Waals surface area contributed by atoms with Crippen LogP contribution in [0.3, 0.4) is 0 Å². The Morgan fingerprint density at radius 2 is 1.69 bits per heavy atom. The lowest BCUT2D eigenvalue weighted by atomic mass is 9.99. The molecule has 0 saturated heterocycles. The van der Waals surface area contributed by atoms with Crippen LogP contribution in [-0.4, -0.2) is 23.8 Å². The van der Waals surface area contributed by atoms with Crippen LogP contribution in [0.25, 0.3) is 0 Å². The summed E-state index contributed by atoms with van der Waals surface area (Å²) in [6.07, 6.45) is 6.35. The first kappa shape index (κ1) is 24.3. The third-order valence-electron chi connectivity index (χ3n) is 6.33. The number of anilines is 2. The van der Waals surface area contributed by atoms with E-state index in [4.69, 9.17) is 4.42 Å². The van der Waals surface area contributed by atoms with Gasteiger partial charge in [-0.25, -0.2) is 0 Å². The van der Waals surface area contributed by atoms with E-state index >= 15 is 0 Å². The standard InChI is InChI=1S/C28H31N3O4/c1-3-20-10-12-21(13-11-20)26(27(33)30-22-7-4-5-8-22)31(28(34)25-9-6-18-35-25)24-16-14-23(15-17-24)29-19(2)32/h6,9-18,22,26H,3-5,7-8H2,1-2H3,(H,29,32)(H,30,33)/t26-/m0/s1. The first-order chi connectivity index (χ1) is 17.0. The number of hydrogen-bond donors (Lipinski definition) is 2. The summed E-state index contributed by atoms with van der Waals surface area (Å²) in [7, 11) is 0. The number of carbonyl (C=O) groups is 3. The maximum absolute atomic E-state index is 13.8. The number of furan rings is 1. The molecule has 3 amide bonds. The van der Waals surface area contributed by atoms with E-state index in [1.807, 2.05) is 24.3 Å². The van der Waals surface area contributed by atoms with Crippen LogP contribution in [0.15, 0.2) is 71.3 Å². The molecule has 1 fully saturated rings. The molecular formula is C28H31N3O4. The predicted octanol–water partition coefficient (Wildman–Crippen LogP) is 5.25. The van der Waals surface area contributed by atoms with Crippen LogP contribution in [0.2, 0.25) is 0 Å². The molecule has 1 heterocycles. The molecule has 2 aromatic carbocycles. The molecule has 1 aliphatic carbocycles. The van der Waals surface area contributed by atoms with Gasteiger partial charge >= 0.3 is 0 Å². The van der Waals surface area contributed by atoms with E-state index in [-0.39, 0.29) is 23.6 Å². The van der Waals surface area contributed by atoms with E-state index < -0.39 is 11.9 Å². The van der Waals surface area contributed by atoms with Crippen LogP contribution in [0, 0.1) is 0 Å². The van der Waals surface area contributed by atoms with E-state index in [0.29, 0.717) is 16.9 Å². The second kappa shape index (κ2) is 11.0. The Hall–Kier alpha value is -3.87. The van der Waals surface area contributed by atoms with Gasteiger partial charge in [-0.3, -0.25) is 19.3 Å². The van der Waals surface area contributed by atoms with E-state index in [0.717, 1.165) is 37.7 Å². The summed E-state index contributed by atoms with van der Waals surface area (Å²) in [6.45, 7) is 3.51. The minimum Gasteiger partial charge on any atom is -0.459 e. The van der Waals surface area contributed by atoms with Crippen LogP contribution in [0.4, 0.5) is 11.4 Å². The molecule has 1 aromatic heterocycles. The zero-order valence-corrected chi connectivity index (χ0v) is 20.1. The fourth-order valence-corrected chi connectivity index (χ4v) is 4.51. The molecule has 1 saturated carbocycles. The maximum Gasteiger partial charge on any atom is 0.294 e. The van der Waals surface area contributed by atoms with Gasteiger partial charge in [-0.05, 0) is 66.8 Å². The van der Waals surface area contributed by atoms with Crippen LogP contribution < -0.4 is 15.5 Å².